The number of carbonyl (C=O) groups excluding carboxylic acids is 2. The molecule has 124 valence electrons. The third-order valence-electron chi connectivity index (χ3n) is 4.20. The molecule has 1 N–H and O–H groups in total. The summed E-state index contributed by atoms with van der Waals surface area (Å²) in [5.41, 5.74) is 4.29. The second-order valence-corrected chi connectivity index (χ2v) is 5.73. The van der Waals surface area contributed by atoms with Crippen molar-refractivity contribution in [2.24, 2.45) is 0 Å². The molecule has 5 nitrogen and oxygen atoms in total. The molecule has 0 spiro atoms. The topological polar surface area (TPSA) is 68.5 Å². The summed E-state index contributed by atoms with van der Waals surface area (Å²) in [6, 6.07) is 18.7. The number of hydrogen-bond acceptors (Lipinski definition) is 4. The van der Waals surface area contributed by atoms with E-state index >= 15 is 0 Å². The highest BCUT2D eigenvalue weighted by Crippen LogP contribution is 2.42. The predicted molar refractivity (Wildman–Crippen MR) is 90.9 cm³/mol. The average molecular weight is 333 g/mol. The summed E-state index contributed by atoms with van der Waals surface area (Å²) in [6.45, 7) is -0.361. The van der Waals surface area contributed by atoms with Crippen molar-refractivity contribution in [1.29, 1.82) is 0 Å². The Labute approximate surface area is 144 Å². The van der Waals surface area contributed by atoms with Crippen molar-refractivity contribution in [3.63, 3.8) is 0 Å². The van der Waals surface area contributed by atoms with Gasteiger partial charge in [-0.25, -0.2) is 4.79 Å². The van der Waals surface area contributed by atoms with E-state index in [1.165, 1.54) is 12.3 Å². The highest BCUT2D eigenvalue weighted by atomic mass is 16.5. The Hall–Kier alpha value is -3.34. The van der Waals surface area contributed by atoms with E-state index in [0.29, 0.717) is 0 Å². The molecule has 0 bridgehead atoms. The molecule has 4 rings (SSSR count). The Kier molecular flexibility index (Phi) is 3.82. The van der Waals surface area contributed by atoms with Crippen LogP contribution in [0.2, 0.25) is 0 Å². The predicted octanol–water partition coefficient (Wildman–Crippen LogP) is 3.32. The van der Waals surface area contributed by atoms with Gasteiger partial charge in [-0.05, 0) is 34.4 Å². The largest absolute Gasteiger partial charge is 0.457 e. The molecule has 0 atom stereocenters. The molecular formula is C20H15NO4. The summed E-state index contributed by atoms with van der Waals surface area (Å²) < 4.78 is 9.94. The lowest BCUT2D eigenvalue weighted by atomic mass is 10.1. The van der Waals surface area contributed by atoms with E-state index in [0.717, 1.165) is 22.3 Å². The quantitative estimate of drug-likeness (QED) is 0.744. The fraction of sp³-hybridized carbons (Fsp3) is 0.100. The number of nitrogens with one attached hydrogen (secondary N) is 1. The van der Waals surface area contributed by atoms with Gasteiger partial charge in [0.1, 0.15) is 0 Å². The SMILES string of the molecule is O=C(COC(=O)c1ccco1)NC1c2ccccc2-c2ccccc21. The highest BCUT2D eigenvalue weighted by Gasteiger charge is 2.29. The van der Waals surface area contributed by atoms with Crippen molar-refractivity contribution in [3.8, 4) is 11.1 Å². The maximum Gasteiger partial charge on any atom is 0.374 e. The van der Waals surface area contributed by atoms with Gasteiger partial charge in [0.2, 0.25) is 5.76 Å². The molecule has 1 amide bonds. The highest BCUT2D eigenvalue weighted by molar-refractivity contribution is 5.89. The van der Waals surface area contributed by atoms with Crippen LogP contribution in [0, 0.1) is 0 Å². The molecular weight excluding hydrogens is 318 g/mol. The van der Waals surface area contributed by atoms with Crippen molar-refractivity contribution >= 4 is 11.9 Å². The molecule has 3 aromatic rings. The zero-order chi connectivity index (χ0) is 17.2. The standard InChI is InChI=1S/C20H15NO4/c22-18(12-25-20(23)17-10-5-11-24-17)21-19-15-8-3-1-6-13(15)14-7-2-4-9-16(14)19/h1-11,19H,12H2,(H,21,22). The van der Waals surface area contributed by atoms with E-state index in [1.54, 1.807) is 6.07 Å². The van der Waals surface area contributed by atoms with E-state index in [-0.39, 0.29) is 24.3 Å². The van der Waals surface area contributed by atoms with Crippen molar-refractivity contribution < 1.29 is 18.7 Å². The molecule has 1 aromatic heterocycles. The fourth-order valence-electron chi connectivity index (χ4n) is 3.11. The molecule has 25 heavy (non-hydrogen) atoms. The summed E-state index contributed by atoms with van der Waals surface area (Å²) in [7, 11) is 0. The second kappa shape index (κ2) is 6.28. The molecule has 0 saturated carbocycles. The zero-order valence-corrected chi connectivity index (χ0v) is 13.3. The Balaban J connectivity index is 1.49. The van der Waals surface area contributed by atoms with E-state index in [1.807, 2.05) is 48.5 Å². The van der Waals surface area contributed by atoms with Gasteiger partial charge in [0.15, 0.2) is 6.61 Å². The van der Waals surface area contributed by atoms with Crippen molar-refractivity contribution in [2.45, 2.75) is 6.04 Å². The van der Waals surface area contributed by atoms with Gasteiger partial charge in [0, 0.05) is 0 Å². The van der Waals surface area contributed by atoms with Crippen LogP contribution >= 0.6 is 0 Å². The van der Waals surface area contributed by atoms with Crippen LogP contribution in [0.3, 0.4) is 0 Å². The minimum absolute atomic E-state index is 0.0735. The van der Waals surface area contributed by atoms with Gasteiger partial charge in [-0.1, -0.05) is 48.5 Å². The van der Waals surface area contributed by atoms with E-state index < -0.39 is 5.97 Å². The third-order valence-corrected chi connectivity index (χ3v) is 4.20. The summed E-state index contributed by atoms with van der Waals surface area (Å²) in [6.07, 6.45) is 1.38. The number of furan rings is 1. The number of esters is 1. The van der Waals surface area contributed by atoms with Gasteiger partial charge in [0.05, 0.1) is 12.3 Å². The van der Waals surface area contributed by atoms with Gasteiger partial charge < -0.3 is 14.5 Å². The number of ether oxygens (including phenoxy) is 1. The van der Waals surface area contributed by atoms with Gasteiger partial charge in [-0.15, -0.1) is 0 Å². The van der Waals surface area contributed by atoms with Gasteiger partial charge in [-0.3, -0.25) is 4.79 Å². The maximum absolute atomic E-state index is 12.3. The number of rotatable bonds is 4. The van der Waals surface area contributed by atoms with Crippen LogP contribution in [-0.2, 0) is 9.53 Å². The van der Waals surface area contributed by atoms with E-state index in [2.05, 4.69) is 5.32 Å². The normalized spacial score (nSPS) is 12.3. The molecule has 1 heterocycles. The molecule has 0 unspecified atom stereocenters. The number of hydrogen-bond donors (Lipinski definition) is 1. The van der Waals surface area contributed by atoms with Gasteiger partial charge >= 0.3 is 5.97 Å². The average Bonchev–Trinajstić information content (AvgIpc) is 3.28. The number of carbonyl (C=O) groups is 2. The lowest BCUT2D eigenvalue weighted by Crippen LogP contribution is -2.32. The van der Waals surface area contributed by atoms with Crippen LogP contribution in [0.25, 0.3) is 11.1 Å². The summed E-state index contributed by atoms with van der Waals surface area (Å²) in [4.78, 5) is 24.0. The van der Waals surface area contributed by atoms with Crippen LogP contribution in [0.1, 0.15) is 27.7 Å². The molecule has 0 radical (unpaired) electrons. The van der Waals surface area contributed by atoms with Crippen LogP contribution in [0.4, 0.5) is 0 Å². The van der Waals surface area contributed by atoms with Crippen molar-refractivity contribution in [1.82, 2.24) is 5.32 Å². The number of fused-ring (bicyclic) bond motifs is 3. The molecule has 1 aliphatic rings. The van der Waals surface area contributed by atoms with Crippen LogP contribution in [0.5, 0.6) is 0 Å². The zero-order valence-electron chi connectivity index (χ0n) is 13.3. The van der Waals surface area contributed by atoms with Crippen LogP contribution < -0.4 is 5.32 Å². The van der Waals surface area contributed by atoms with E-state index in [9.17, 15) is 9.59 Å². The third kappa shape index (κ3) is 2.80. The van der Waals surface area contributed by atoms with Crippen LogP contribution in [0.15, 0.2) is 71.3 Å². The second-order valence-electron chi connectivity index (χ2n) is 5.73. The van der Waals surface area contributed by atoms with Crippen LogP contribution in [-0.4, -0.2) is 18.5 Å². The Bertz CT molecular complexity index is 885. The van der Waals surface area contributed by atoms with Gasteiger partial charge in [-0.2, -0.15) is 0 Å². The lowest BCUT2D eigenvalue weighted by Gasteiger charge is -2.15. The Morgan fingerprint density at radius 2 is 1.56 bits per heavy atom. The molecule has 1 aliphatic carbocycles. The molecule has 5 heteroatoms. The Morgan fingerprint density at radius 1 is 0.920 bits per heavy atom. The minimum atomic E-state index is -0.660. The first kappa shape index (κ1) is 15.2. The first-order valence-corrected chi connectivity index (χ1v) is 7.92. The summed E-state index contributed by atoms with van der Waals surface area (Å²) in [5.74, 6) is -0.951. The summed E-state index contributed by atoms with van der Waals surface area (Å²) >= 11 is 0. The van der Waals surface area contributed by atoms with E-state index in [4.69, 9.17) is 9.15 Å². The summed E-state index contributed by atoms with van der Waals surface area (Å²) in [5, 5.41) is 2.95. The maximum atomic E-state index is 12.3. The fourth-order valence-corrected chi connectivity index (χ4v) is 3.11. The molecule has 0 saturated heterocycles. The first-order chi connectivity index (χ1) is 12.2. The number of benzene rings is 2. The Morgan fingerprint density at radius 3 is 2.16 bits per heavy atom. The molecule has 0 fully saturated rings. The first-order valence-electron chi connectivity index (χ1n) is 7.92. The van der Waals surface area contributed by atoms with Crippen molar-refractivity contribution in [3.05, 3.63) is 83.8 Å². The lowest BCUT2D eigenvalue weighted by molar-refractivity contribution is -0.124. The molecule has 2 aromatic carbocycles. The monoisotopic (exact) mass is 333 g/mol. The smallest absolute Gasteiger partial charge is 0.374 e. The van der Waals surface area contributed by atoms with Crippen molar-refractivity contribution in [2.75, 3.05) is 6.61 Å². The van der Waals surface area contributed by atoms with Gasteiger partial charge in [0.25, 0.3) is 5.91 Å². The number of amides is 1. The minimum Gasteiger partial charge on any atom is -0.457 e. The molecule has 0 aliphatic heterocycles.